The van der Waals surface area contributed by atoms with Crippen molar-refractivity contribution in [2.45, 2.75) is 39.2 Å². The Morgan fingerprint density at radius 3 is 3.10 bits per heavy atom. The van der Waals surface area contributed by atoms with Crippen molar-refractivity contribution in [2.75, 3.05) is 19.8 Å². The first-order valence-corrected chi connectivity index (χ1v) is 7.51. The highest BCUT2D eigenvalue weighted by Crippen LogP contribution is 2.13. The minimum absolute atomic E-state index is 0.00867. The molecule has 0 spiro atoms. The summed E-state index contributed by atoms with van der Waals surface area (Å²) in [5.74, 6) is 1.28. The highest BCUT2D eigenvalue weighted by molar-refractivity contribution is 7.71. The molecule has 112 valence electrons. The van der Waals surface area contributed by atoms with Crippen LogP contribution in [0.15, 0.2) is 0 Å². The van der Waals surface area contributed by atoms with Gasteiger partial charge >= 0.3 is 0 Å². The zero-order valence-corrected chi connectivity index (χ0v) is 12.8. The van der Waals surface area contributed by atoms with Gasteiger partial charge in [-0.05, 0) is 25.1 Å². The van der Waals surface area contributed by atoms with Crippen molar-refractivity contribution < 1.29 is 9.53 Å². The molecule has 7 heteroatoms. The number of hydrogen-bond donors (Lipinski definition) is 2. The third-order valence-corrected chi connectivity index (χ3v) is 3.78. The monoisotopic (exact) mass is 298 g/mol. The molecule has 0 aromatic carbocycles. The van der Waals surface area contributed by atoms with Crippen LogP contribution in [0.25, 0.3) is 0 Å². The fraction of sp³-hybridized carbons (Fsp3) is 0.769. The maximum Gasteiger partial charge on any atom is 0.225 e. The smallest absolute Gasteiger partial charge is 0.225 e. The van der Waals surface area contributed by atoms with Gasteiger partial charge in [0, 0.05) is 25.6 Å². The fourth-order valence-electron chi connectivity index (χ4n) is 2.37. The Bertz CT molecular complexity index is 503. The molecule has 0 saturated carbocycles. The topological polar surface area (TPSA) is 71.9 Å². The molecule has 0 bridgehead atoms. The van der Waals surface area contributed by atoms with Crippen LogP contribution in [0, 0.1) is 10.7 Å². The van der Waals surface area contributed by atoms with Gasteiger partial charge in [0.2, 0.25) is 5.91 Å². The first-order chi connectivity index (χ1) is 9.59. The normalized spacial score (nSPS) is 19.2. The number of aromatic amines is 1. The van der Waals surface area contributed by atoms with Gasteiger partial charge in [0.15, 0.2) is 4.77 Å². The third kappa shape index (κ3) is 3.67. The lowest BCUT2D eigenvalue weighted by molar-refractivity contribution is -0.128. The maximum atomic E-state index is 12.0. The van der Waals surface area contributed by atoms with E-state index < -0.39 is 0 Å². The lowest BCUT2D eigenvalue weighted by atomic mass is 10.0. The van der Waals surface area contributed by atoms with Crippen molar-refractivity contribution in [3.05, 3.63) is 10.6 Å². The van der Waals surface area contributed by atoms with Crippen LogP contribution >= 0.6 is 12.2 Å². The van der Waals surface area contributed by atoms with Crippen LogP contribution in [0.3, 0.4) is 0 Å². The summed E-state index contributed by atoms with van der Waals surface area (Å²) >= 11 is 5.21. The molecule has 0 aliphatic carbocycles. The molecule has 1 saturated heterocycles. The number of aromatic nitrogens is 3. The average Bonchev–Trinajstić information content (AvgIpc) is 2.81. The number of carbonyl (C=O) groups excluding carboxylic acids is 1. The molecule has 1 atom stereocenters. The van der Waals surface area contributed by atoms with Crippen LogP contribution < -0.4 is 5.32 Å². The summed E-state index contributed by atoms with van der Waals surface area (Å²) in [6.45, 7) is 6.64. The molecule has 1 aromatic rings. The number of carbonyl (C=O) groups is 1. The minimum atomic E-state index is -0.00867. The van der Waals surface area contributed by atoms with E-state index in [1.807, 2.05) is 4.57 Å². The molecule has 2 N–H and O–H groups in total. The van der Waals surface area contributed by atoms with Crippen LogP contribution in [0.5, 0.6) is 0 Å². The molecule has 6 nitrogen and oxygen atoms in total. The zero-order valence-electron chi connectivity index (χ0n) is 12.0. The summed E-state index contributed by atoms with van der Waals surface area (Å²) in [4.78, 5) is 12.0. The van der Waals surface area contributed by atoms with Crippen molar-refractivity contribution in [2.24, 2.45) is 5.92 Å². The molecule has 0 radical (unpaired) electrons. The molecular weight excluding hydrogens is 276 g/mol. The van der Waals surface area contributed by atoms with Gasteiger partial charge in [-0.25, -0.2) is 0 Å². The molecule has 1 amide bonds. The van der Waals surface area contributed by atoms with Gasteiger partial charge in [-0.15, -0.1) is 0 Å². The second kappa shape index (κ2) is 6.99. The predicted molar refractivity (Wildman–Crippen MR) is 78.1 cm³/mol. The SMILES string of the molecule is CC(C)c1n[nH]c(=S)n1CCNC(=O)[C@H]1CCCOC1. The van der Waals surface area contributed by atoms with Crippen LogP contribution in [0.1, 0.15) is 38.4 Å². The first kappa shape index (κ1) is 15.2. The number of hydrogen-bond acceptors (Lipinski definition) is 4. The molecule has 0 unspecified atom stereocenters. The lowest BCUT2D eigenvalue weighted by Gasteiger charge is -2.21. The number of nitrogens with zero attached hydrogens (tertiary/aromatic N) is 2. The fourth-order valence-corrected chi connectivity index (χ4v) is 2.60. The van der Waals surface area contributed by atoms with E-state index in [9.17, 15) is 4.79 Å². The number of nitrogens with one attached hydrogen (secondary N) is 2. The summed E-state index contributed by atoms with van der Waals surface area (Å²) in [6.07, 6.45) is 1.87. The van der Waals surface area contributed by atoms with Crippen LogP contribution in [-0.4, -0.2) is 40.4 Å². The van der Waals surface area contributed by atoms with Gasteiger partial charge in [-0.3, -0.25) is 9.89 Å². The van der Waals surface area contributed by atoms with E-state index in [0.717, 1.165) is 25.3 Å². The highest BCUT2D eigenvalue weighted by atomic mass is 32.1. The molecule has 1 fully saturated rings. The Morgan fingerprint density at radius 2 is 2.45 bits per heavy atom. The number of rotatable bonds is 5. The molecular formula is C13H22N4O2S. The van der Waals surface area contributed by atoms with Gasteiger partial charge in [-0.2, -0.15) is 5.10 Å². The zero-order chi connectivity index (χ0) is 14.5. The summed E-state index contributed by atoms with van der Waals surface area (Å²) in [5.41, 5.74) is 0. The van der Waals surface area contributed by atoms with Crippen molar-refractivity contribution in [1.29, 1.82) is 0 Å². The summed E-state index contributed by atoms with van der Waals surface area (Å²) in [7, 11) is 0. The van der Waals surface area contributed by atoms with E-state index >= 15 is 0 Å². The molecule has 1 aliphatic rings. The van der Waals surface area contributed by atoms with E-state index in [-0.39, 0.29) is 11.8 Å². The highest BCUT2D eigenvalue weighted by Gasteiger charge is 2.21. The number of ether oxygens (including phenoxy) is 1. The molecule has 1 aliphatic heterocycles. The van der Waals surface area contributed by atoms with Crippen molar-refractivity contribution >= 4 is 18.1 Å². The maximum absolute atomic E-state index is 12.0. The average molecular weight is 298 g/mol. The van der Waals surface area contributed by atoms with Gasteiger partial charge in [0.1, 0.15) is 5.82 Å². The van der Waals surface area contributed by atoms with Gasteiger partial charge in [-0.1, -0.05) is 13.8 Å². The van der Waals surface area contributed by atoms with Crippen molar-refractivity contribution in [3.63, 3.8) is 0 Å². The standard InChI is InChI=1S/C13H22N4O2S/c1-9(2)11-15-16-13(20)17(11)6-5-14-12(18)10-4-3-7-19-8-10/h9-10H,3-8H2,1-2H3,(H,14,18)(H,16,20)/t10-/m0/s1. The summed E-state index contributed by atoms with van der Waals surface area (Å²) in [5, 5.41) is 9.98. The number of amides is 1. The third-order valence-electron chi connectivity index (χ3n) is 3.47. The van der Waals surface area contributed by atoms with Gasteiger partial charge < -0.3 is 14.6 Å². The van der Waals surface area contributed by atoms with Gasteiger partial charge in [0.25, 0.3) is 0 Å². The second-order valence-corrected chi connectivity index (χ2v) is 5.79. The lowest BCUT2D eigenvalue weighted by Crippen LogP contribution is -2.37. The molecule has 1 aromatic heterocycles. The predicted octanol–water partition coefficient (Wildman–Crippen LogP) is 1.61. The summed E-state index contributed by atoms with van der Waals surface area (Å²) < 4.78 is 7.87. The van der Waals surface area contributed by atoms with Gasteiger partial charge in [0.05, 0.1) is 12.5 Å². The first-order valence-electron chi connectivity index (χ1n) is 7.10. The van der Waals surface area contributed by atoms with E-state index in [0.29, 0.717) is 30.4 Å². The van der Waals surface area contributed by atoms with E-state index in [2.05, 4.69) is 29.4 Å². The summed E-state index contributed by atoms with van der Waals surface area (Å²) in [6, 6.07) is 0. The van der Waals surface area contributed by atoms with Crippen LogP contribution in [0.2, 0.25) is 0 Å². The molecule has 20 heavy (non-hydrogen) atoms. The minimum Gasteiger partial charge on any atom is -0.381 e. The Hall–Kier alpha value is -1.21. The van der Waals surface area contributed by atoms with Crippen LogP contribution in [0.4, 0.5) is 0 Å². The molecule has 2 heterocycles. The van der Waals surface area contributed by atoms with Crippen LogP contribution in [-0.2, 0) is 16.1 Å². The van der Waals surface area contributed by atoms with Crippen molar-refractivity contribution in [3.8, 4) is 0 Å². The Balaban J connectivity index is 1.85. The quantitative estimate of drug-likeness (QED) is 0.810. The van der Waals surface area contributed by atoms with E-state index in [4.69, 9.17) is 17.0 Å². The Labute approximate surface area is 123 Å². The Morgan fingerprint density at radius 1 is 1.65 bits per heavy atom. The largest absolute Gasteiger partial charge is 0.381 e. The van der Waals surface area contributed by atoms with E-state index in [1.54, 1.807) is 0 Å². The second-order valence-electron chi connectivity index (χ2n) is 5.40. The van der Waals surface area contributed by atoms with E-state index in [1.165, 1.54) is 0 Å². The Kier molecular flexibility index (Phi) is 5.31. The molecule has 2 rings (SSSR count). The van der Waals surface area contributed by atoms with Crippen molar-refractivity contribution in [1.82, 2.24) is 20.1 Å². The number of H-pyrrole nitrogens is 1.